The number of rotatable bonds is 3. The minimum absolute atomic E-state index is 0.353. The summed E-state index contributed by atoms with van der Waals surface area (Å²) in [4.78, 5) is 0. The van der Waals surface area contributed by atoms with E-state index in [1.54, 1.807) is 6.07 Å². The molecule has 1 aromatic rings. The van der Waals surface area contributed by atoms with E-state index in [1.165, 1.54) is 18.4 Å². The first-order chi connectivity index (χ1) is 7.81. The maximum atomic E-state index is 9.52. The van der Waals surface area contributed by atoms with E-state index in [-0.39, 0.29) is 0 Å². The van der Waals surface area contributed by atoms with Crippen LogP contribution in [0.3, 0.4) is 0 Å². The second kappa shape index (κ2) is 5.32. The predicted molar refractivity (Wildman–Crippen MR) is 65.5 cm³/mol. The number of nitrogens with one attached hydrogen (secondary N) is 2. The van der Waals surface area contributed by atoms with Crippen LogP contribution in [0.4, 0.5) is 0 Å². The third kappa shape index (κ3) is 2.54. The molecule has 16 heavy (non-hydrogen) atoms. The summed E-state index contributed by atoms with van der Waals surface area (Å²) >= 11 is 0. The van der Waals surface area contributed by atoms with Gasteiger partial charge in [0.15, 0.2) is 0 Å². The van der Waals surface area contributed by atoms with Gasteiger partial charge in [-0.3, -0.25) is 0 Å². The van der Waals surface area contributed by atoms with Crippen LogP contribution in [0.25, 0.3) is 0 Å². The van der Waals surface area contributed by atoms with E-state index < -0.39 is 0 Å². The molecule has 1 atom stereocenters. The van der Waals surface area contributed by atoms with Gasteiger partial charge in [0, 0.05) is 6.04 Å². The molecule has 1 heterocycles. The fourth-order valence-corrected chi connectivity index (χ4v) is 2.57. The van der Waals surface area contributed by atoms with Crippen molar-refractivity contribution >= 4 is 0 Å². The van der Waals surface area contributed by atoms with Gasteiger partial charge < -0.3 is 15.7 Å². The molecule has 1 saturated heterocycles. The Balaban J connectivity index is 2.14. The zero-order chi connectivity index (χ0) is 11.4. The maximum absolute atomic E-state index is 9.52. The third-order valence-electron chi connectivity index (χ3n) is 3.40. The molecule has 3 heteroatoms. The Morgan fingerprint density at radius 2 is 2.12 bits per heavy atom. The highest BCUT2D eigenvalue weighted by Crippen LogP contribution is 2.29. The van der Waals surface area contributed by atoms with Gasteiger partial charge in [-0.15, -0.1) is 0 Å². The highest BCUT2D eigenvalue weighted by Gasteiger charge is 2.23. The van der Waals surface area contributed by atoms with E-state index >= 15 is 0 Å². The molecular formula is C13H20N2O. The molecule has 0 amide bonds. The molecular weight excluding hydrogens is 200 g/mol. The molecule has 2 rings (SSSR count). The monoisotopic (exact) mass is 220 g/mol. The second-order valence-electron chi connectivity index (χ2n) is 4.45. The average Bonchev–Trinajstić information content (AvgIpc) is 2.31. The minimum Gasteiger partial charge on any atom is -0.508 e. The third-order valence-corrected chi connectivity index (χ3v) is 3.40. The average molecular weight is 220 g/mol. The van der Waals surface area contributed by atoms with Crippen LogP contribution in [0, 0.1) is 5.92 Å². The van der Waals surface area contributed by atoms with Crippen LogP contribution >= 0.6 is 0 Å². The van der Waals surface area contributed by atoms with Gasteiger partial charge in [-0.05, 0) is 56.6 Å². The lowest BCUT2D eigenvalue weighted by Crippen LogP contribution is -2.35. The minimum atomic E-state index is 0.353. The van der Waals surface area contributed by atoms with Crippen molar-refractivity contribution in [1.82, 2.24) is 10.6 Å². The summed E-state index contributed by atoms with van der Waals surface area (Å²) in [6.07, 6.45) is 2.39. The lowest BCUT2D eigenvalue weighted by Gasteiger charge is -2.30. The number of hydrogen-bond donors (Lipinski definition) is 3. The summed E-state index contributed by atoms with van der Waals surface area (Å²) in [7, 11) is 2.00. The van der Waals surface area contributed by atoms with Crippen LogP contribution in [0.5, 0.6) is 5.75 Å². The molecule has 88 valence electrons. The van der Waals surface area contributed by atoms with Gasteiger partial charge in [0.05, 0.1) is 0 Å². The Morgan fingerprint density at radius 3 is 2.75 bits per heavy atom. The van der Waals surface area contributed by atoms with Crippen molar-refractivity contribution in [1.29, 1.82) is 0 Å². The van der Waals surface area contributed by atoms with E-state index in [4.69, 9.17) is 0 Å². The molecule has 1 unspecified atom stereocenters. The molecule has 0 aromatic heterocycles. The maximum Gasteiger partial charge on any atom is 0.115 e. The first-order valence-corrected chi connectivity index (χ1v) is 5.98. The molecule has 1 fully saturated rings. The number of phenolic OH excluding ortho intramolecular Hbond substituents is 1. The largest absolute Gasteiger partial charge is 0.508 e. The van der Waals surface area contributed by atoms with Gasteiger partial charge in [0.2, 0.25) is 0 Å². The van der Waals surface area contributed by atoms with Crippen LogP contribution in [-0.4, -0.2) is 25.2 Å². The summed E-state index contributed by atoms with van der Waals surface area (Å²) in [5.41, 5.74) is 1.19. The Labute approximate surface area is 96.9 Å². The number of benzene rings is 1. The lowest BCUT2D eigenvalue weighted by atomic mass is 9.86. The molecule has 1 aliphatic rings. The molecule has 0 saturated carbocycles. The van der Waals surface area contributed by atoms with Crippen molar-refractivity contribution in [2.75, 3.05) is 20.1 Å². The quantitative estimate of drug-likeness (QED) is 0.726. The Bertz CT molecular complexity index is 334. The fraction of sp³-hybridized carbons (Fsp3) is 0.538. The molecule has 3 nitrogen and oxygen atoms in total. The van der Waals surface area contributed by atoms with E-state index in [0.717, 1.165) is 13.1 Å². The van der Waals surface area contributed by atoms with E-state index in [0.29, 0.717) is 17.7 Å². The molecule has 0 bridgehead atoms. The topological polar surface area (TPSA) is 44.3 Å². The number of piperidine rings is 1. The van der Waals surface area contributed by atoms with Crippen molar-refractivity contribution in [3.8, 4) is 5.75 Å². The number of hydrogen-bond acceptors (Lipinski definition) is 3. The molecule has 0 aliphatic carbocycles. The highest BCUT2D eigenvalue weighted by atomic mass is 16.3. The van der Waals surface area contributed by atoms with Gasteiger partial charge in [-0.1, -0.05) is 12.1 Å². The van der Waals surface area contributed by atoms with E-state index in [2.05, 4.69) is 16.7 Å². The summed E-state index contributed by atoms with van der Waals surface area (Å²) in [5, 5.41) is 16.3. The normalized spacial score (nSPS) is 19.6. The van der Waals surface area contributed by atoms with Crippen LogP contribution in [-0.2, 0) is 0 Å². The number of phenols is 1. The molecule has 0 spiro atoms. The van der Waals surface area contributed by atoms with Crippen molar-refractivity contribution in [3.63, 3.8) is 0 Å². The predicted octanol–water partition coefficient (Wildman–Crippen LogP) is 1.65. The van der Waals surface area contributed by atoms with Gasteiger partial charge in [-0.25, -0.2) is 0 Å². The molecule has 0 radical (unpaired) electrons. The zero-order valence-corrected chi connectivity index (χ0v) is 9.74. The second-order valence-corrected chi connectivity index (χ2v) is 4.45. The van der Waals surface area contributed by atoms with Gasteiger partial charge in [0.1, 0.15) is 5.75 Å². The van der Waals surface area contributed by atoms with Crippen molar-refractivity contribution in [2.24, 2.45) is 5.92 Å². The molecule has 1 aromatic carbocycles. The summed E-state index contributed by atoms with van der Waals surface area (Å²) in [6.45, 7) is 2.20. The first-order valence-electron chi connectivity index (χ1n) is 5.98. The standard InChI is InChI=1S/C13H20N2O/c1-14-13(10-5-7-15-8-6-10)11-3-2-4-12(16)9-11/h2-4,9-10,13-16H,5-8H2,1H3. The summed E-state index contributed by atoms with van der Waals surface area (Å²) in [6, 6.07) is 7.94. The van der Waals surface area contributed by atoms with E-state index in [9.17, 15) is 5.11 Å². The smallest absolute Gasteiger partial charge is 0.115 e. The van der Waals surface area contributed by atoms with Gasteiger partial charge >= 0.3 is 0 Å². The summed E-state index contributed by atoms with van der Waals surface area (Å²) < 4.78 is 0. The van der Waals surface area contributed by atoms with Crippen LogP contribution in [0.2, 0.25) is 0 Å². The van der Waals surface area contributed by atoms with Crippen LogP contribution < -0.4 is 10.6 Å². The fourth-order valence-electron chi connectivity index (χ4n) is 2.57. The SMILES string of the molecule is CNC(c1cccc(O)c1)C1CCNCC1. The van der Waals surface area contributed by atoms with Gasteiger partial charge in [0.25, 0.3) is 0 Å². The molecule has 3 N–H and O–H groups in total. The van der Waals surface area contributed by atoms with Gasteiger partial charge in [-0.2, -0.15) is 0 Å². The van der Waals surface area contributed by atoms with E-state index in [1.807, 2.05) is 19.2 Å². The number of aromatic hydroxyl groups is 1. The van der Waals surface area contributed by atoms with Crippen molar-refractivity contribution in [2.45, 2.75) is 18.9 Å². The van der Waals surface area contributed by atoms with Crippen molar-refractivity contribution < 1.29 is 5.11 Å². The summed E-state index contributed by atoms with van der Waals surface area (Å²) in [5.74, 6) is 1.01. The Morgan fingerprint density at radius 1 is 1.38 bits per heavy atom. The molecule has 1 aliphatic heterocycles. The Kier molecular flexibility index (Phi) is 3.80. The lowest BCUT2D eigenvalue weighted by molar-refractivity contribution is 0.293. The Hall–Kier alpha value is -1.06. The van der Waals surface area contributed by atoms with Crippen LogP contribution in [0.1, 0.15) is 24.4 Å². The highest BCUT2D eigenvalue weighted by molar-refractivity contribution is 5.29. The van der Waals surface area contributed by atoms with Crippen molar-refractivity contribution in [3.05, 3.63) is 29.8 Å². The van der Waals surface area contributed by atoms with Crippen LogP contribution in [0.15, 0.2) is 24.3 Å². The first kappa shape index (κ1) is 11.4. The zero-order valence-electron chi connectivity index (χ0n) is 9.74.